The lowest BCUT2D eigenvalue weighted by Gasteiger charge is -2.20. The lowest BCUT2D eigenvalue weighted by molar-refractivity contribution is -0.137. The minimum absolute atomic E-state index is 0.0112. The molecule has 318 valence electrons. The highest BCUT2D eigenvalue weighted by Crippen LogP contribution is 2.47. The second-order valence-corrected chi connectivity index (χ2v) is 15.8. The van der Waals surface area contributed by atoms with E-state index in [2.05, 4.69) is 25.9 Å². The molecular formula is C47H41BrF3N5O6. The van der Waals surface area contributed by atoms with E-state index in [1.54, 1.807) is 57.7 Å². The molecule has 6 aromatic rings. The Kier molecular flexibility index (Phi) is 11.4. The average molecular weight is 909 g/mol. The monoisotopic (exact) mass is 907 g/mol. The molecule has 2 aliphatic heterocycles. The second kappa shape index (κ2) is 16.8. The molecule has 8 rings (SSSR count). The average Bonchev–Trinajstić information content (AvgIpc) is 3.97. The van der Waals surface area contributed by atoms with Gasteiger partial charge < -0.3 is 30.0 Å². The van der Waals surface area contributed by atoms with E-state index >= 15 is 0 Å². The van der Waals surface area contributed by atoms with Crippen molar-refractivity contribution in [1.82, 2.24) is 9.13 Å². The fourth-order valence-corrected chi connectivity index (χ4v) is 8.59. The summed E-state index contributed by atoms with van der Waals surface area (Å²) in [5, 5.41) is 23.6. The number of fused-ring (bicyclic) bond motifs is 2. The van der Waals surface area contributed by atoms with E-state index in [4.69, 9.17) is 15.2 Å². The maximum absolute atomic E-state index is 13.9. The first-order valence-corrected chi connectivity index (χ1v) is 20.8. The van der Waals surface area contributed by atoms with E-state index in [-0.39, 0.29) is 57.6 Å². The number of aromatic nitrogens is 2. The van der Waals surface area contributed by atoms with Gasteiger partial charge >= 0.3 is 6.18 Å². The number of rotatable bonds is 14. The Hall–Kier alpha value is -6.45. The number of alkyl halides is 3. The number of unbranched alkanes of at least 4 members (excludes halogenated alkanes) is 1. The summed E-state index contributed by atoms with van der Waals surface area (Å²) in [6.45, 7) is 4.32. The first-order valence-electron chi connectivity index (χ1n) is 20.1. The number of amides is 2. The van der Waals surface area contributed by atoms with Crippen LogP contribution in [0.4, 0.5) is 13.2 Å². The molecule has 0 bridgehead atoms. The molecule has 0 saturated carbocycles. The Balaban J connectivity index is 1.16. The van der Waals surface area contributed by atoms with Crippen LogP contribution in [0.15, 0.2) is 105 Å². The van der Waals surface area contributed by atoms with Crippen LogP contribution in [0.5, 0.6) is 23.3 Å². The molecule has 0 saturated heterocycles. The van der Waals surface area contributed by atoms with Gasteiger partial charge in [-0.3, -0.25) is 14.2 Å². The number of para-hydroxylation sites is 2. The summed E-state index contributed by atoms with van der Waals surface area (Å²) in [5.41, 5.74) is 10.1. The second-order valence-electron chi connectivity index (χ2n) is 15.0. The van der Waals surface area contributed by atoms with Crippen LogP contribution in [-0.4, -0.2) is 49.7 Å². The molecule has 1 unspecified atom stereocenters. The maximum atomic E-state index is 13.9. The Morgan fingerprint density at radius 3 is 2.02 bits per heavy atom. The third kappa shape index (κ3) is 7.28. The summed E-state index contributed by atoms with van der Waals surface area (Å²) in [4.78, 5) is 36.3. The topological polar surface area (TPSA) is 154 Å². The van der Waals surface area contributed by atoms with Gasteiger partial charge in [0.25, 0.3) is 11.8 Å². The molecule has 0 radical (unpaired) electrons. The van der Waals surface area contributed by atoms with E-state index in [0.717, 1.165) is 25.0 Å². The molecule has 4 N–H and O–H groups in total. The third-order valence-corrected chi connectivity index (χ3v) is 11.8. The van der Waals surface area contributed by atoms with Gasteiger partial charge in [-0.25, -0.2) is 9.98 Å². The maximum Gasteiger partial charge on any atom is 0.416 e. The molecule has 0 aliphatic carbocycles. The molecule has 0 spiro atoms. The highest BCUT2D eigenvalue weighted by Gasteiger charge is 2.40. The van der Waals surface area contributed by atoms with Gasteiger partial charge in [-0.2, -0.15) is 13.2 Å². The van der Waals surface area contributed by atoms with Crippen LogP contribution >= 0.6 is 15.9 Å². The smallest absolute Gasteiger partial charge is 0.416 e. The van der Waals surface area contributed by atoms with Gasteiger partial charge in [-0.1, -0.05) is 85.1 Å². The Morgan fingerprint density at radius 2 is 1.37 bits per heavy atom. The fraction of sp³-hybridized carbons (Fsp3) is 0.234. The van der Waals surface area contributed by atoms with E-state index in [1.807, 2.05) is 32.0 Å². The first-order chi connectivity index (χ1) is 29.8. The van der Waals surface area contributed by atoms with Crippen LogP contribution in [0.1, 0.15) is 99.8 Å². The molecule has 4 heterocycles. The number of hydrogen-bond acceptors (Lipinski definition) is 7. The molecular weight excluding hydrogens is 867 g/mol. The Labute approximate surface area is 363 Å². The van der Waals surface area contributed by atoms with Crippen molar-refractivity contribution in [2.45, 2.75) is 65.0 Å². The highest BCUT2D eigenvalue weighted by atomic mass is 79.9. The van der Waals surface area contributed by atoms with E-state index in [9.17, 15) is 33.0 Å². The van der Waals surface area contributed by atoms with Crippen LogP contribution in [0.25, 0.3) is 22.5 Å². The zero-order valence-corrected chi connectivity index (χ0v) is 35.5. The summed E-state index contributed by atoms with van der Waals surface area (Å²) in [5.74, 6) is -0.742. The van der Waals surface area contributed by atoms with Crippen molar-refractivity contribution in [2.75, 3.05) is 7.11 Å². The number of aromatic hydroxyl groups is 2. The van der Waals surface area contributed by atoms with Crippen LogP contribution in [0, 0.1) is 0 Å². The number of methoxy groups -OCH3 is 1. The molecule has 0 fully saturated rings. The van der Waals surface area contributed by atoms with Gasteiger partial charge in [0.1, 0.15) is 18.1 Å². The van der Waals surface area contributed by atoms with Crippen LogP contribution in [-0.2, 0) is 19.3 Å². The van der Waals surface area contributed by atoms with Crippen LogP contribution in [0.3, 0.4) is 0 Å². The van der Waals surface area contributed by atoms with Crippen molar-refractivity contribution < 1.29 is 42.4 Å². The highest BCUT2D eigenvalue weighted by molar-refractivity contribution is 9.10. The van der Waals surface area contributed by atoms with Gasteiger partial charge in [0, 0.05) is 33.3 Å². The van der Waals surface area contributed by atoms with Crippen molar-refractivity contribution in [2.24, 2.45) is 15.7 Å². The van der Waals surface area contributed by atoms with Crippen molar-refractivity contribution in [3.8, 4) is 45.8 Å². The van der Waals surface area contributed by atoms with Crippen molar-refractivity contribution in [1.29, 1.82) is 0 Å². The number of carbonyl (C=O) groups is 2. The number of nitrogens with zero attached hydrogens (tertiary/aromatic N) is 4. The number of nitrogens with two attached hydrogens (primary N) is 1. The minimum atomic E-state index is -4.55. The van der Waals surface area contributed by atoms with Gasteiger partial charge in [-0.15, -0.1) is 0 Å². The van der Waals surface area contributed by atoms with Gasteiger partial charge in [0.15, 0.2) is 0 Å². The minimum Gasteiger partial charge on any atom is -0.496 e. The van der Waals surface area contributed by atoms with E-state index in [0.29, 0.717) is 69.0 Å². The van der Waals surface area contributed by atoms with E-state index < -0.39 is 29.7 Å². The first kappa shape index (κ1) is 42.2. The standard InChI is InChI=1S/C47H41BrF3N5O6/c1-4-6-22-55-41(37-35(45(55)59)39(53-43(37)57)26-17-19-27(20-18-26)47(49,50)51)29-13-8-10-15-33(29)62-24-25-16-21-31(48)30(23-25)40-36-38(44(58)54-40)42(28-12-7-9-14-32(28)61-3)56(46(36)60)34(52)11-5-2/h7-10,12-21,23,34,59-60H,4-6,11,22,24,52H2,1-3H3. The van der Waals surface area contributed by atoms with E-state index in [1.165, 1.54) is 19.2 Å². The van der Waals surface area contributed by atoms with Gasteiger partial charge in [0.05, 0.1) is 63.9 Å². The molecule has 15 heteroatoms. The zero-order chi connectivity index (χ0) is 44.0. The number of hydrogen-bond donors (Lipinski definition) is 3. The fourth-order valence-electron chi connectivity index (χ4n) is 8.16. The normalized spacial score (nSPS) is 13.9. The Bertz CT molecular complexity index is 2820. The number of benzene rings is 4. The summed E-state index contributed by atoms with van der Waals surface area (Å²) >= 11 is 3.64. The molecule has 62 heavy (non-hydrogen) atoms. The molecule has 2 aromatic heterocycles. The Morgan fingerprint density at radius 1 is 0.758 bits per heavy atom. The molecule has 2 amide bonds. The SMILES string of the molecule is CCCCn1c(O)c2c(c1-c1ccccc1OCc1ccc(Br)c(C3=NC(=O)c4c3c(O)n(C(N)CCC)c4-c3ccccc3OC)c1)C(=O)N=C2c1ccc(C(F)(F)F)cc1. The lowest BCUT2D eigenvalue weighted by atomic mass is 9.98. The molecule has 4 aromatic carbocycles. The van der Waals surface area contributed by atoms with Crippen LogP contribution in [0.2, 0.25) is 0 Å². The largest absolute Gasteiger partial charge is 0.496 e. The number of carbonyl (C=O) groups excluding carboxylic acids is 2. The zero-order valence-electron chi connectivity index (χ0n) is 33.9. The molecule has 1 atom stereocenters. The predicted octanol–water partition coefficient (Wildman–Crippen LogP) is 10.4. The van der Waals surface area contributed by atoms with Gasteiger partial charge in [-0.05, 0) is 66.9 Å². The number of halogens is 4. The summed E-state index contributed by atoms with van der Waals surface area (Å²) < 4.78 is 56.1. The summed E-state index contributed by atoms with van der Waals surface area (Å²) in [6.07, 6.45) is -2.54. The number of ether oxygens (including phenoxy) is 2. The lowest BCUT2D eigenvalue weighted by Crippen LogP contribution is -2.20. The van der Waals surface area contributed by atoms with Crippen molar-refractivity contribution in [3.63, 3.8) is 0 Å². The molecule has 2 aliphatic rings. The van der Waals surface area contributed by atoms with Crippen LogP contribution < -0.4 is 15.2 Å². The summed E-state index contributed by atoms with van der Waals surface area (Å²) in [7, 11) is 1.53. The summed E-state index contributed by atoms with van der Waals surface area (Å²) in [6, 6.07) is 24.0. The molecule has 11 nitrogen and oxygen atoms in total. The van der Waals surface area contributed by atoms with Crippen molar-refractivity contribution >= 4 is 39.2 Å². The van der Waals surface area contributed by atoms with Crippen molar-refractivity contribution in [3.05, 3.63) is 140 Å². The van der Waals surface area contributed by atoms with Gasteiger partial charge in [0.2, 0.25) is 11.8 Å². The number of aliphatic imine (C=N–C) groups is 2. The predicted molar refractivity (Wildman–Crippen MR) is 233 cm³/mol. The quantitative estimate of drug-likeness (QED) is 0.0983. The third-order valence-electron chi connectivity index (χ3n) is 11.1.